The van der Waals surface area contributed by atoms with Crippen LogP contribution >= 0.6 is 11.8 Å². The molecule has 1 aromatic carbocycles. The molecule has 4 heteroatoms. The number of rotatable bonds is 4. The van der Waals surface area contributed by atoms with E-state index in [0.29, 0.717) is 5.91 Å². The van der Waals surface area contributed by atoms with Gasteiger partial charge < -0.3 is 4.90 Å². The van der Waals surface area contributed by atoms with Crippen LogP contribution in [0.1, 0.15) is 57.2 Å². The molecular weight excluding hydrogens is 292 g/mol. The zero-order valence-electron chi connectivity index (χ0n) is 13.6. The van der Waals surface area contributed by atoms with Gasteiger partial charge in [0.1, 0.15) is 6.17 Å². The number of carbonyl (C=O) groups excluding carboxylic acids is 1. The lowest BCUT2D eigenvalue weighted by molar-refractivity contribution is -0.134. The van der Waals surface area contributed by atoms with E-state index in [1.54, 1.807) is 11.8 Å². The highest BCUT2D eigenvalue weighted by atomic mass is 32.2. The first-order chi connectivity index (χ1) is 10.7. The highest BCUT2D eigenvalue weighted by Gasteiger charge is 2.51. The number of carbonyl (C=O) groups is 1. The number of nitrogens with one attached hydrogen (secondary N) is 1. The molecule has 1 aliphatic heterocycles. The van der Waals surface area contributed by atoms with Crippen LogP contribution in [0.15, 0.2) is 29.2 Å². The Kier molecular flexibility index (Phi) is 4.79. The first kappa shape index (κ1) is 15.9. The molecule has 1 aromatic rings. The standard InChI is InChI=1S/C18H26N2OS/c1-3-13-20-16(14-7-9-15(22-2)10-8-14)19-18(17(20)21)11-5-4-6-12-18/h7-10,16,19H,3-6,11-13H2,1-2H3. The average molecular weight is 318 g/mol. The second kappa shape index (κ2) is 6.63. The molecule has 2 aliphatic rings. The highest BCUT2D eigenvalue weighted by molar-refractivity contribution is 7.98. The summed E-state index contributed by atoms with van der Waals surface area (Å²) in [6.07, 6.45) is 8.71. The Hall–Kier alpha value is -1.00. The Balaban J connectivity index is 1.88. The lowest BCUT2D eigenvalue weighted by Gasteiger charge is -2.31. The van der Waals surface area contributed by atoms with Crippen molar-refractivity contribution >= 4 is 17.7 Å². The van der Waals surface area contributed by atoms with Crippen molar-refractivity contribution in [2.75, 3.05) is 12.8 Å². The van der Waals surface area contributed by atoms with Crippen LogP contribution in [0.3, 0.4) is 0 Å². The van der Waals surface area contributed by atoms with Crippen molar-refractivity contribution in [2.45, 2.75) is 62.0 Å². The van der Waals surface area contributed by atoms with Crippen molar-refractivity contribution in [3.8, 4) is 0 Å². The van der Waals surface area contributed by atoms with E-state index in [1.165, 1.54) is 16.9 Å². The van der Waals surface area contributed by atoms with Crippen LogP contribution in [-0.2, 0) is 4.79 Å². The van der Waals surface area contributed by atoms with Gasteiger partial charge in [-0.2, -0.15) is 0 Å². The summed E-state index contributed by atoms with van der Waals surface area (Å²) in [5.74, 6) is 0.327. The molecule has 1 saturated heterocycles. The maximum Gasteiger partial charge on any atom is 0.244 e. The van der Waals surface area contributed by atoms with Gasteiger partial charge in [0.05, 0.1) is 5.54 Å². The predicted octanol–water partition coefficient (Wildman–Crippen LogP) is 3.95. The van der Waals surface area contributed by atoms with E-state index in [-0.39, 0.29) is 11.7 Å². The summed E-state index contributed by atoms with van der Waals surface area (Å²) in [5.41, 5.74) is 0.915. The van der Waals surface area contributed by atoms with Crippen molar-refractivity contribution < 1.29 is 4.79 Å². The van der Waals surface area contributed by atoms with Crippen molar-refractivity contribution in [1.82, 2.24) is 10.2 Å². The maximum absolute atomic E-state index is 13.0. The van der Waals surface area contributed by atoms with Crippen LogP contribution in [0.2, 0.25) is 0 Å². The van der Waals surface area contributed by atoms with E-state index in [0.717, 1.165) is 38.6 Å². The summed E-state index contributed by atoms with van der Waals surface area (Å²) < 4.78 is 0. The van der Waals surface area contributed by atoms with Gasteiger partial charge in [-0.1, -0.05) is 38.3 Å². The molecule has 2 fully saturated rings. The van der Waals surface area contributed by atoms with E-state index >= 15 is 0 Å². The number of hydrogen-bond donors (Lipinski definition) is 1. The minimum Gasteiger partial charge on any atom is -0.321 e. The Morgan fingerprint density at radius 2 is 1.91 bits per heavy atom. The summed E-state index contributed by atoms with van der Waals surface area (Å²) in [6.45, 7) is 2.98. The molecule has 120 valence electrons. The molecule has 22 heavy (non-hydrogen) atoms. The molecule has 1 aliphatic carbocycles. The lowest BCUT2D eigenvalue weighted by Crippen LogP contribution is -2.48. The maximum atomic E-state index is 13.0. The minimum atomic E-state index is -0.295. The topological polar surface area (TPSA) is 32.3 Å². The van der Waals surface area contributed by atoms with Crippen LogP contribution in [0.5, 0.6) is 0 Å². The predicted molar refractivity (Wildman–Crippen MR) is 91.9 cm³/mol. The molecule has 1 saturated carbocycles. The van der Waals surface area contributed by atoms with Gasteiger partial charge in [0.25, 0.3) is 0 Å². The van der Waals surface area contributed by atoms with Gasteiger partial charge in [0.2, 0.25) is 5.91 Å². The number of benzene rings is 1. The van der Waals surface area contributed by atoms with Gasteiger partial charge in [-0.25, -0.2) is 0 Å². The van der Waals surface area contributed by atoms with Gasteiger partial charge in [-0.15, -0.1) is 11.8 Å². The summed E-state index contributed by atoms with van der Waals surface area (Å²) in [6, 6.07) is 8.65. The number of nitrogens with zero attached hydrogens (tertiary/aromatic N) is 1. The first-order valence-electron chi connectivity index (χ1n) is 8.43. The van der Waals surface area contributed by atoms with Gasteiger partial charge in [0.15, 0.2) is 0 Å². The summed E-state index contributed by atoms with van der Waals surface area (Å²) in [7, 11) is 0. The second-order valence-corrected chi connectivity index (χ2v) is 7.34. The lowest BCUT2D eigenvalue weighted by atomic mass is 9.81. The van der Waals surface area contributed by atoms with Gasteiger partial charge >= 0.3 is 0 Å². The summed E-state index contributed by atoms with van der Waals surface area (Å²) >= 11 is 1.75. The smallest absolute Gasteiger partial charge is 0.244 e. The molecule has 0 radical (unpaired) electrons. The van der Waals surface area contributed by atoms with Crippen LogP contribution in [0.25, 0.3) is 0 Å². The van der Waals surface area contributed by atoms with E-state index in [9.17, 15) is 4.79 Å². The Morgan fingerprint density at radius 3 is 2.50 bits per heavy atom. The number of thioether (sulfide) groups is 1. The molecule has 3 rings (SSSR count). The normalized spacial score (nSPS) is 24.2. The van der Waals surface area contributed by atoms with Crippen molar-refractivity contribution in [2.24, 2.45) is 0 Å². The third-order valence-electron chi connectivity index (χ3n) is 5.00. The molecule has 1 unspecified atom stereocenters. The van der Waals surface area contributed by atoms with Crippen molar-refractivity contribution in [3.63, 3.8) is 0 Å². The van der Waals surface area contributed by atoms with Crippen LogP contribution < -0.4 is 5.32 Å². The number of amides is 1. The molecule has 3 nitrogen and oxygen atoms in total. The molecule has 1 atom stereocenters. The van der Waals surface area contributed by atoms with Gasteiger partial charge in [0, 0.05) is 11.4 Å². The Labute approximate surface area is 137 Å². The molecule has 1 amide bonds. The zero-order valence-corrected chi connectivity index (χ0v) is 14.4. The SMILES string of the molecule is CCCN1C(=O)C2(CCCCC2)NC1c1ccc(SC)cc1. The Morgan fingerprint density at radius 1 is 1.23 bits per heavy atom. The highest BCUT2D eigenvalue weighted by Crippen LogP contribution is 2.39. The molecule has 1 heterocycles. The molecular formula is C18H26N2OS. The largest absolute Gasteiger partial charge is 0.321 e. The third kappa shape index (κ3) is 2.79. The van der Waals surface area contributed by atoms with Gasteiger partial charge in [-0.05, 0) is 43.2 Å². The quantitative estimate of drug-likeness (QED) is 0.853. The Bertz CT molecular complexity index is 522. The van der Waals surface area contributed by atoms with E-state index in [2.05, 4.69) is 47.7 Å². The fourth-order valence-corrected chi connectivity index (χ4v) is 4.24. The third-order valence-corrected chi connectivity index (χ3v) is 5.74. The zero-order chi connectivity index (χ0) is 15.6. The molecule has 1 N–H and O–H groups in total. The van der Waals surface area contributed by atoms with E-state index in [4.69, 9.17) is 0 Å². The average Bonchev–Trinajstić information content (AvgIpc) is 2.82. The van der Waals surface area contributed by atoms with Crippen LogP contribution in [-0.4, -0.2) is 29.1 Å². The second-order valence-electron chi connectivity index (χ2n) is 6.46. The fraction of sp³-hybridized carbons (Fsp3) is 0.611. The summed E-state index contributed by atoms with van der Waals surface area (Å²) in [4.78, 5) is 16.4. The van der Waals surface area contributed by atoms with Crippen molar-refractivity contribution in [3.05, 3.63) is 29.8 Å². The van der Waals surface area contributed by atoms with E-state index < -0.39 is 0 Å². The number of hydrogen-bond acceptors (Lipinski definition) is 3. The minimum absolute atomic E-state index is 0.0430. The van der Waals surface area contributed by atoms with Crippen molar-refractivity contribution in [1.29, 1.82) is 0 Å². The van der Waals surface area contributed by atoms with Gasteiger partial charge in [-0.3, -0.25) is 10.1 Å². The monoisotopic (exact) mass is 318 g/mol. The molecule has 0 aromatic heterocycles. The first-order valence-corrected chi connectivity index (χ1v) is 9.65. The van der Waals surface area contributed by atoms with Crippen LogP contribution in [0, 0.1) is 0 Å². The van der Waals surface area contributed by atoms with Crippen LogP contribution in [0.4, 0.5) is 0 Å². The summed E-state index contributed by atoms with van der Waals surface area (Å²) in [5, 5.41) is 3.71. The van der Waals surface area contributed by atoms with E-state index in [1.807, 2.05) is 0 Å². The fourth-order valence-electron chi connectivity index (χ4n) is 3.83. The molecule has 1 spiro atoms. The molecule has 0 bridgehead atoms.